The molecule has 0 rings (SSSR count). The zero-order valence-electron chi connectivity index (χ0n) is 6.39. The number of hydrogen-bond acceptors (Lipinski definition) is 2. The second-order valence-electron chi connectivity index (χ2n) is 2.12. The van der Waals surface area contributed by atoms with Gasteiger partial charge in [0.1, 0.15) is 6.10 Å². The Labute approximate surface area is 70.1 Å². The van der Waals surface area contributed by atoms with Crippen LogP contribution >= 0.6 is 15.9 Å². The molecule has 0 N–H and O–H groups in total. The van der Waals surface area contributed by atoms with Crippen LogP contribution in [0.25, 0.3) is 0 Å². The van der Waals surface area contributed by atoms with Crippen molar-refractivity contribution < 1.29 is 9.53 Å². The molecule has 0 aliphatic rings. The Balaban J connectivity index is 3.49. The molecular formula is C7H13BrO2. The number of hydrogen-bond donors (Lipinski definition) is 0. The first-order chi connectivity index (χ1) is 4.70. The minimum Gasteiger partial charge on any atom is -0.463 e. The van der Waals surface area contributed by atoms with E-state index in [1.54, 1.807) is 0 Å². The van der Waals surface area contributed by atoms with Gasteiger partial charge in [-0.05, 0) is 12.8 Å². The molecule has 60 valence electrons. The highest BCUT2D eigenvalue weighted by atomic mass is 79.9. The molecule has 0 aromatic rings. The Bertz CT molecular complexity index is 104. The van der Waals surface area contributed by atoms with E-state index in [0.29, 0.717) is 0 Å². The van der Waals surface area contributed by atoms with Crippen molar-refractivity contribution >= 4 is 21.9 Å². The number of rotatable bonds is 4. The first-order valence-corrected chi connectivity index (χ1v) is 4.56. The number of carbonyl (C=O) groups is 1. The SMILES string of the molecule is CCC(CCBr)OC(C)=O. The fraction of sp³-hybridized carbons (Fsp3) is 0.857. The molecule has 0 fully saturated rings. The van der Waals surface area contributed by atoms with Gasteiger partial charge < -0.3 is 4.74 Å². The van der Waals surface area contributed by atoms with Crippen LogP contribution in [-0.4, -0.2) is 17.4 Å². The molecule has 0 radical (unpaired) electrons. The van der Waals surface area contributed by atoms with Crippen LogP contribution in [0.15, 0.2) is 0 Å². The predicted molar refractivity (Wildman–Crippen MR) is 44.3 cm³/mol. The average Bonchev–Trinajstić information content (AvgIpc) is 1.86. The molecule has 10 heavy (non-hydrogen) atoms. The van der Waals surface area contributed by atoms with E-state index in [-0.39, 0.29) is 12.1 Å². The molecular weight excluding hydrogens is 196 g/mol. The van der Waals surface area contributed by atoms with Crippen molar-refractivity contribution in [1.82, 2.24) is 0 Å². The molecule has 0 saturated heterocycles. The summed E-state index contributed by atoms with van der Waals surface area (Å²) < 4.78 is 4.97. The Morgan fingerprint density at radius 1 is 1.70 bits per heavy atom. The lowest BCUT2D eigenvalue weighted by Crippen LogP contribution is -2.15. The summed E-state index contributed by atoms with van der Waals surface area (Å²) in [5.41, 5.74) is 0. The van der Waals surface area contributed by atoms with Gasteiger partial charge in [0.25, 0.3) is 0 Å². The summed E-state index contributed by atoms with van der Waals surface area (Å²) in [6, 6.07) is 0. The van der Waals surface area contributed by atoms with Crippen molar-refractivity contribution in [2.45, 2.75) is 32.8 Å². The highest BCUT2D eigenvalue weighted by Gasteiger charge is 2.06. The average molecular weight is 209 g/mol. The van der Waals surface area contributed by atoms with Crippen LogP contribution in [-0.2, 0) is 9.53 Å². The number of halogens is 1. The van der Waals surface area contributed by atoms with Crippen LogP contribution in [0.2, 0.25) is 0 Å². The minimum atomic E-state index is -0.187. The van der Waals surface area contributed by atoms with Crippen LogP contribution in [0.3, 0.4) is 0 Å². The molecule has 0 saturated carbocycles. The zero-order chi connectivity index (χ0) is 7.98. The van der Waals surface area contributed by atoms with Crippen molar-refractivity contribution in [2.75, 3.05) is 5.33 Å². The van der Waals surface area contributed by atoms with E-state index in [9.17, 15) is 4.79 Å². The summed E-state index contributed by atoms with van der Waals surface area (Å²) in [7, 11) is 0. The highest BCUT2D eigenvalue weighted by molar-refractivity contribution is 9.09. The number of alkyl halides is 1. The summed E-state index contributed by atoms with van der Waals surface area (Å²) in [4.78, 5) is 10.5. The molecule has 0 amide bonds. The first kappa shape index (κ1) is 9.95. The number of esters is 1. The van der Waals surface area contributed by atoms with Crippen molar-refractivity contribution in [1.29, 1.82) is 0 Å². The van der Waals surface area contributed by atoms with Crippen LogP contribution in [0.5, 0.6) is 0 Å². The molecule has 0 aliphatic carbocycles. The van der Waals surface area contributed by atoms with Crippen molar-refractivity contribution in [3.8, 4) is 0 Å². The highest BCUT2D eigenvalue weighted by Crippen LogP contribution is 2.05. The largest absolute Gasteiger partial charge is 0.463 e. The standard InChI is InChI=1S/C7H13BrO2/c1-3-7(4-5-8)10-6(2)9/h7H,3-5H2,1-2H3. The van der Waals surface area contributed by atoms with Gasteiger partial charge in [-0.1, -0.05) is 22.9 Å². The Morgan fingerprint density at radius 3 is 2.60 bits per heavy atom. The second kappa shape index (κ2) is 5.71. The second-order valence-corrected chi connectivity index (χ2v) is 2.91. The smallest absolute Gasteiger partial charge is 0.302 e. The summed E-state index contributed by atoms with van der Waals surface area (Å²) in [5.74, 6) is -0.187. The van der Waals surface area contributed by atoms with E-state index < -0.39 is 0 Å². The maximum Gasteiger partial charge on any atom is 0.302 e. The molecule has 1 unspecified atom stereocenters. The van der Waals surface area contributed by atoms with Crippen LogP contribution in [0.4, 0.5) is 0 Å². The lowest BCUT2D eigenvalue weighted by atomic mass is 10.2. The van der Waals surface area contributed by atoms with Crippen LogP contribution < -0.4 is 0 Å². The Kier molecular flexibility index (Phi) is 5.69. The van der Waals surface area contributed by atoms with Crippen LogP contribution in [0.1, 0.15) is 26.7 Å². The van der Waals surface area contributed by atoms with E-state index >= 15 is 0 Å². The van der Waals surface area contributed by atoms with Gasteiger partial charge in [-0.15, -0.1) is 0 Å². The van der Waals surface area contributed by atoms with E-state index in [2.05, 4.69) is 15.9 Å². The number of carbonyl (C=O) groups excluding carboxylic acids is 1. The zero-order valence-corrected chi connectivity index (χ0v) is 7.98. The topological polar surface area (TPSA) is 26.3 Å². The third-order valence-electron chi connectivity index (χ3n) is 1.22. The van der Waals surface area contributed by atoms with Gasteiger partial charge in [-0.25, -0.2) is 0 Å². The molecule has 1 atom stereocenters. The maximum absolute atomic E-state index is 10.5. The van der Waals surface area contributed by atoms with Gasteiger partial charge in [0.05, 0.1) is 0 Å². The van der Waals surface area contributed by atoms with E-state index in [1.807, 2.05) is 6.92 Å². The van der Waals surface area contributed by atoms with Crippen LogP contribution in [0, 0.1) is 0 Å². The Hall–Kier alpha value is -0.0500. The lowest BCUT2D eigenvalue weighted by molar-refractivity contribution is -0.146. The fourth-order valence-corrected chi connectivity index (χ4v) is 1.21. The molecule has 0 aromatic carbocycles. The molecule has 0 spiro atoms. The van der Waals surface area contributed by atoms with Crippen molar-refractivity contribution in [2.24, 2.45) is 0 Å². The van der Waals surface area contributed by atoms with Gasteiger partial charge in [0.2, 0.25) is 0 Å². The van der Waals surface area contributed by atoms with Gasteiger partial charge in [0, 0.05) is 12.3 Å². The predicted octanol–water partition coefficient (Wildman–Crippen LogP) is 2.11. The van der Waals surface area contributed by atoms with Crippen molar-refractivity contribution in [3.05, 3.63) is 0 Å². The summed E-state index contributed by atoms with van der Waals surface area (Å²) in [5, 5.41) is 0.888. The quantitative estimate of drug-likeness (QED) is 0.523. The summed E-state index contributed by atoms with van der Waals surface area (Å²) >= 11 is 3.29. The molecule has 0 aromatic heterocycles. The molecule has 2 nitrogen and oxygen atoms in total. The molecule has 0 aliphatic heterocycles. The van der Waals surface area contributed by atoms with Gasteiger partial charge in [-0.3, -0.25) is 4.79 Å². The Morgan fingerprint density at radius 2 is 2.30 bits per heavy atom. The normalized spacial score (nSPS) is 12.7. The van der Waals surface area contributed by atoms with Gasteiger partial charge in [0.15, 0.2) is 0 Å². The van der Waals surface area contributed by atoms with Gasteiger partial charge in [-0.2, -0.15) is 0 Å². The maximum atomic E-state index is 10.5. The minimum absolute atomic E-state index is 0.0943. The third-order valence-corrected chi connectivity index (χ3v) is 1.68. The van der Waals surface area contributed by atoms with E-state index in [0.717, 1.165) is 18.2 Å². The molecule has 0 heterocycles. The summed E-state index contributed by atoms with van der Waals surface area (Å²) in [6.45, 7) is 3.45. The lowest BCUT2D eigenvalue weighted by Gasteiger charge is -2.12. The first-order valence-electron chi connectivity index (χ1n) is 3.43. The molecule has 3 heteroatoms. The number of ether oxygens (including phenoxy) is 1. The van der Waals surface area contributed by atoms with Gasteiger partial charge >= 0.3 is 5.97 Å². The van der Waals surface area contributed by atoms with E-state index in [1.165, 1.54) is 6.92 Å². The fourth-order valence-electron chi connectivity index (χ4n) is 0.703. The van der Waals surface area contributed by atoms with E-state index in [4.69, 9.17) is 4.74 Å². The van der Waals surface area contributed by atoms with Crippen molar-refractivity contribution in [3.63, 3.8) is 0 Å². The summed E-state index contributed by atoms with van der Waals surface area (Å²) in [6.07, 6.45) is 1.89. The third kappa shape index (κ3) is 4.79. The monoisotopic (exact) mass is 208 g/mol. The molecule has 0 bridgehead atoms.